The van der Waals surface area contributed by atoms with Crippen molar-refractivity contribution >= 4 is 97.5 Å². The van der Waals surface area contributed by atoms with E-state index in [2.05, 4.69) is 121 Å². The van der Waals surface area contributed by atoms with Gasteiger partial charge in [0.25, 0.3) is 0 Å². The van der Waals surface area contributed by atoms with Crippen LogP contribution in [-0.2, 0) is 0 Å². The maximum atomic E-state index is 3.46. The molecule has 0 saturated carbocycles. The number of hydrogen-bond acceptors (Lipinski definition) is 4. The molecular formula is C17H19N5Se4. The topological polar surface area (TPSA) is 55.1 Å². The number of fused-ring (bicyclic) bond motifs is 3. The van der Waals surface area contributed by atoms with E-state index >= 15 is 0 Å². The Morgan fingerprint density at radius 1 is 1.00 bits per heavy atom. The third-order valence-corrected chi connectivity index (χ3v) is 4.72. The Hall–Kier alpha value is -0.422. The number of nitrogens with zero attached hydrogens (tertiary/aromatic N) is 1. The van der Waals surface area contributed by atoms with Gasteiger partial charge in [0, 0.05) is 0 Å². The summed E-state index contributed by atoms with van der Waals surface area (Å²) in [6.07, 6.45) is 1.22. The van der Waals surface area contributed by atoms with Crippen molar-refractivity contribution in [2.45, 2.75) is 6.42 Å². The van der Waals surface area contributed by atoms with Crippen LogP contribution in [0.1, 0.15) is 6.42 Å². The van der Waals surface area contributed by atoms with Crippen LogP contribution in [0.25, 0.3) is 21.8 Å². The number of benzene rings is 2. The first kappa shape index (κ1) is 20.3. The number of H-pyrrole nitrogens is 1. The summed E-state index contributed by atoms with van der Waals surface area (Å²) in [7, 11) is 0. The van der Waals surface area contributed by atoms with Crippen molar-refractivity contribution in [1.82, 2.24) is 21.0 Å². The van der Waals surface area contributed by atoms with E-state index < -0.39 is 0 Å². The summed E-state index contributed by atoms with van der Waals surface area (Å²) in [6, 6.07) is 14.6. The molecule has 1 aliphatic heterocycles. The second-order valence-corrected chi connectivity index (χ2v) is 12.2. The van der Waals surface area contributed by atoms with E-state index in [-0.39, 0.29) is 0 Å². The summed E-state index contributed by atoms with van der Waals surface area (Å²) in [5.74, 6) is 0. The first-order chi connectivity index (χ1) is 12.5. The van der Waals surface area contributed by atoms with Gasteiger partial charge in [-0.15, -0.1) is 0 Å². The van der Waals surface area contributed by atoms with Gasteiger partial charge in [0.15, 0.2) is 0 Å². The summed E-state index contributed by atoms with van der Waals surface area (Å²) in [6.45, 7) is 2.15. The van der Waals surface area contributed by atoms with Crippen LogP contribution in [0.4, 0.5) is 5.69 Å². The zero-order valence-electron chi connectivity index (χ0n) is 13.8. The van der Waals surface area contributed by atoms with Crippen molar-refractivity contribution in [2.24, 2.45) is 0 Å². The molecule has 2 aromatic carbocycles. The van der Waals surface area contributed by atoms with E-state index in [0.29, 0.717) is 0 Å². The number of anilines is 1. The second kappa shape index (κ2) is 9.68. The number of rotatable bonds is 4. The van der Waals surface area contributed by atoms with Gasteiger partial charge in [0.1, 0.15) is 0 Å². The van der Waals surface area contributed by atoms with Crippen LogP contribution >= 0.6 is 0 Å². The van der Waals surface area contributed by atoms with Gasteiger partial charge in [-0.1, -0.05) is 0 Å². The number of nitrogens with one attached hydrogen (secondary N) is 4. The van der Waals surface area contributed by atoms with Gasteiger partial charge in [0.05, 0.1) is 0 Å². The Bertz CT molecular complexity index is 933. The standard InChI is InChI=1S/C13H10N2Se2.C4H9N3Se2/c16-13(17)15-11-7-3-5-9-8-4-1-2-6-10(8)14-12(9)11;8-4(9)6-7-3-1-2-5-7/h1-7,14H,(H2,15,16,17);5H,1-3H2,(H2,6,8,9). The number of aromatic nitrogens is 1. The predicted octanol–water partition coefficient (Wildman–Crippen LogP) is -0.252. The Morgan fingerprint density at radius 3 is 2.46 bits per heavy atom. The van der Waals surface area contributed by atoms with Gasteiger partial charge >= 0.3 is 186 Å². The molecule has 4 rings (SSSR count). The normalized spacial score (nSPS) is 14.1. The molecule has 1 saturated heterocycles. The molecule has 0 radical (unpaired) electrons. The summed E-state index contributed by atoms with van der Waals surface area (Å²) in [5, 5.41) is 7.80. The fourth-order valence-corrected chi connectivity index (χ4v) is 3.80. The Balaban J connectivity index is 0.000000185. The molecule has 9 heteroatoms. The van der Waals surface area contributed by atoms with Gasteiger partial charge in [-0.2, -0.15) is 0 Å². The average Bonchev–Trinajstić information content (AvgIpc) is 3.22. The number of hydrogen-bond donors (Lipinski definition) is 4. The van der Waals surface area contributed by atoms with Crippen molar-refractivity contribution in [3.63, 3.8) is 0 Å². The van der Waals surface area contributed by atoms with E-state index in [1.165, 1.54) is 22.7 Å². The molecule has 0 atom stereocenters. The molecule has 1 fully saturated rings. The Labute approximate surface area is 184 Å². The molecule has 1 aliphatic rings. The molecule has 2 heterocycles. The molecule has 0 spiro atoms. The van der Waals surface area contributed by atoms with E-state index in [0.717, 1.165) is 31.2 Å². The molecule has 3 aromatic rings. The SMILES string of the molecule is [Se]=C([SeH])NN1CCCN1.[Se]=C([SeH])Nc1cccc2c1[nH]c1ccccc12. The second-order valence-electron chi connectivity index (χ2n) is 5.66. The summed E-state index contributed by atoms with van der Waals surface area (Å²) in [4.78, 5) is 3.46. The van der Waals surface area contributed by atoms with Crippen molar-refractivity contribution in [1.29, 1.82) is 0 Å². The van der Waals surface area contributed by atoms with E-state index in [4.69, 9.17) is 0 Å². The van der Waals surface area contributed by atoms with E-state index in [1.54, 1.807) is 0 Å². The molecule has 0 amide bonds. The van der Waals surface area contributed by atoms with Crippen LogP contribution in [-0.4, -0.2) is 93.2 Å². The van der Waals surface area contributed by atoms with Gasteiger partial charge in [-0.25, -0.2) is 0 Å². The fraction of sp³-hybridized carbons (Fsp3) is 0.176. The third kappa shape index (κ3) is 5.31. The molecular weight excluding hydrogens is 590 g/mol. The van der Waals surface area contributed by atoms with E-state index in [9.17, 15) is 0 Å². The average molecular weight is 609 g/mol. The van der Waals surface area contributed by atoms with Gasteiger partial charge in [0.2, 0.25) is 0 Å². The third-order valence-electron chi connectivity index (χ3n) is 3.87. The predicted molar refractivity (Wildman–Crippen MR) is 118 cm³/mol. The van der Waals surface area contributed by atoms with Crippen LogP contribution in [0.5, 0.6) is 0 Å². The molecule has 5 nitrogen and oxygen atoms in total. The first-order valence-electron chi connectivity index (χ1n) is 8.04. The van der Waals surface area contributed by atoms with Gasteiger partial charge in [-0.3, -0.25) is 0 Å². The first-order valence-corrected chi connectivity index (χ1v) is 11.6. The van der Waals surface area contributed by atoms with Gasteiger partial charge < -0.3 is 0 Å². The van der Waals surface area contributed by atoms with E-state index in [1.807, 2.05) is 11.2 Å². The molecule has 0 aliphatic carbocycles. The number of aromatic amines is 1. The van der Waals surface area contributed by atoms with Gasteiger partial charge in [-0.05, 0) is 0 Å². The van der Waals surface area contributed by atoms with Crippen molar-refractivity contribution < 1.29 is 0 Å². The minimum atomic E-state index is 1.00. The molecule has 0 bridgehead atoms. The quantitative estimate of drug-likeness (QED) is 0.309. The van der Waals surface area contributed by atoms with Crippen molar-refractivity contribution in [3.8, 4) is 0 Å². The Kier molecular flexibility index (Phi) is 7.56. The minimum absolute atomic E-state index is 1.00. The van der Waals surface area contributed by atoms with Crippen LogP contribution in [0.2, 0.25) is 0 Å². The molecule has 0 unspecified atom stereocenters. The van der Waals surface area contributed by atoms with Crippen LogP contribution in [0.15, 0.2) is 42.5 Å². The maximum absolute atomic E-state index is 3.46. The zero-order valence-corrected chi connectivity index (χ0v) is 21.0. The summed E-state index contributed by atoms with van der Waals surface area (Å²) in [5.41, 5.74) is 9.66. The van der Waals surface area contributed by atoms with Crippen molar-refractivity contribution in [2.75, 3.05) is 18.4 Å². The van der Waals surface area contributed by atoms with Crippen LogP contribution in [0.3, 0.4) is 0 Å². The summed E-state index contributed by atoms with van der Waals surface area (Å²) < 4.78 is 2.04. The Morgan fingerprint density at radius 2 is 1.77 bits per heavy atom. The molecule has 136 valence electrons. The fourth-order valence-electron chi connectivity index (χ4n) is 2.83. The number of para-hydroxylation sites is 2. The monoisotopic (exact) mass is 613 g/mol. The molecule has 4 N–H and O–H groups in total. The number of hydrazine groups is 2. The van der Waals surface area contributed by atoms with Crippen LogP contribution < -0.4 is 16.2 Å². The molecule has 1 aromatic heterocycles. The molecule has 26 heavy (non-hydrogen) atoms. The summed E-state index contributed by atoms with van der Waals surface area (Å²) >= 11 is 10.7. The zero-order chi connectivity index (χ0) is 18.5. The van der Waals surface area contributed by atoms with Crippen LogP contribution in [0, 0.1) is 0 Å². The van der Waals surface area contributed by atoms with Crippen molar-refractivity contribution in [3.05, 3.63) is 42.5 Å².